The highest BCUT2D eigenvalue weighted by molar-refractivity contribution is 6.42. The Hall–Kier alpha value is -0.0151. The van der Waals surface area contributed by atoms with Crippen LogP contribution < -0.4 is 0 Å². The second kappa shape index (κ2) is 3.40. The van der Waals surface area contributed by atoms with Gasteiger partial charge in [0.15, 0.2) is 0 Å². The predicted molar refractivity (Wildman–Crippen MR) is 41.9 cm³/mol. The quantitative estimate of drug-likeness (QED) is 0.515. The van der Waals surface area contributed by atoms with Crippen molar-refractivity contribution in [1.29, 1.82) is 0 Å². The van der Waals surface area contributed by atoms with Crippen molar-refractivity contribution in [2.45, 2.75) is 20.7 Å². The molecule has 3 heteroatoms. The van der Waals surface area contributed by atoms with Gasteiger partial charge in [-0.3, -0.25) is 0 Å². The van der Waals surface area contributed by atoms with E-state index in [1.54, 1.807) is 0 Å². The summed E-state index contributed by atoms with van der Waals surface area (Å²) in [5, 5.41) is 0. The monoisotopic (exact) mass is 142 g/mol. The maximum Gasteiger partial charge on any atom is 0.453 e. The van der Waals surface area contributed by atoms with Gasteiger partial charge < -0.3 is 9.31 Å². The Morgan fingerprint density at radius 3 is 2.20 bits per heavy atom. The smallest absolute Gasteiger partial charge is 0.411 e. The Morgan fingerprint density at radius 2 is 1.80 bits per heavy atom. The summed E-state index contributed by atoms with van der Waals surface area (Å²) in [6.45, 7) is 8.06. The summed E-state index contributed by atoms with van der Waals surface area (Å²) in [4.78, 5) is 0. The lowest BCUT2D eigenvalue weighted by molar-refractivity contribution is 0.0601. The molecule has 1 aliphatic rings. The van der Waals surface area contributed by atoms with E-state index in [9.17, 15) is 0 Å². The summed E-state index contributed by atoms with van der Waals surface area (Å²) in [5.74, 6) is 1.27. The van der Waals surface area contributed by atoms with E-state index >= 15 is 0 Å². The third-order valence-electron chi connectivity index (χ3n) is 2.03. The van der Waals surface area contributed by atoms with Gasteiger partial charge in [-0.2, -0.15) is 0 Å². The van der Waals surface area contributed by atoms with Crippen molar-refractivity contribution in [3.8, 4) is 0 Å². The molecule has 0 radical (unpaired) electrons. The molecule has 1 fully saturated rings. The van der Waals surface area contributed by atoms with E-state index in [1.165, 1.54) is 0 Å². The fourth-order valence-electron chi connectivity index (χ4n) is 0.999. The van der Waals surface area contributed by atoms with Crippen LogP contribution in [0.2, 0.25) is 6.82 Å². The average molecular weight is 142 g/mol. The van der Waals surface area contributed by atoms with E-state index in [0.717, 1.165) is 13.2 Å². The summed E-state index contributed by atoms with van der Waals surface area (Å²) in [6.07, 6.45) is 0. The molecule has 0 aromatic heterocycles. The second-order valence-corrected chi connectivity index (χ2v) is 3.24. The van der Waals surface area contributed by atoms with E-state index in [0.29, 0.717) is 11.8 Å². The molecule has 1 heterocycles. The molecule has 0 aromatic carbocycles. The van der Waals surface area contributed by atoms with E-state index in [2.05, 4.69) is 13.8 Å². The first-order valence-electron chi connectivity index (χ1n) is 3.93. The topological polar surface area (TPSA) is 18.5 Å². The highest BCUT2D eigenvalue weighted by Gasteiger charge is 2.24. The molecule has 0 unspecified atom stereocenters. The van der Waals surface area contributed by atoms with Gasteiger partial charge in [0.25, 0.3) is 0 Å². The van der Waals surface area contributed by atoms with Crippen molar-refractivity contribution in [3.05, 3.63) is 0 Å². The lowest BCUT2D eigenvalue weighted by Gasteiger charge is -2.28. The molecule has 58 valence electrons. The first-order valence-corrected chi connectivity index (χ1v) is 3.93. The van der Waals surface area contributed by atoms with Gasteiger partial charge in [0.2, 0.25) is 0 Å². The average Bonchev–Trinajstić information content (AvgIpc) is 1.88. The van der Waals surface area contributed by atoms with Crippen molar-refractivity contribution < 1.29 is 9.31 Å². The SMILES string of the molecule is CB1OCC(C(C)C)CO1. The first kappa shape index (κ1) is 8.09. The van der Waals surface area contributed by atoms with Crippen LogP contribution in [0.3, 0.4) is 0 Å². The molecule has 1 aliphatic heterocycles. The van der Waals surface area contributed by atoms with Gasteiger partial charge in [-0.15, -0.1) is 0 Å². The molecule has 0 bridgehead atoms. The minimum absolute atomic E-state index is 0.00926. The van der Waals surface area contributed by atoms with Crippen LogP contribution >= 0.6 is 0 Å². The molecule has 0 aliphatic carbocycles. The largest absolute Gasteiger partial charge is 0.453 e. The first-order chi connectivity index (χ1) is 4.70. The number of hydrogen-bond acceptors (Lipinski definition) is 2. The maximum absolute atomic E-state index is 5.33. The third-order valence-corrected chi connectivity index (χ3v) is 2.03. The molecular weight excluding hydrogens is 127 g/mol. The summed E-state index contributed by atoms with van der Waals surface area (Å²) < 4.78 is 10.7. The van der Waals surface area contributed by atoms with Crippen LogP contribution in [0, 0.1) is 11.8 Å². The molecule has 1 saturated heterocycles. The molecule has 2 nitrogen and oxygen atoms in total. The van der Waals surface area contributed by atoms with Gasteiger partial charge in [-0.1, -0.05) is 13.8 Å². The van der Waals surface area contributed by atoms with Gasteiger partial charge in [-0.25, -0.2) is 0 Å². The van der Waals surface area contributed by atoms with Crippen molar-refractivity contribution >= 4 is 7.12 Å². The summed E-state index contributed by atoms with van der Waals surface area (Å²) in [7, 11) is 0.00926. The summed E-state index contributed by atoms with van der Waals surface area (Å²) in [5.41, 5.74) is 0. The maximum atomic E-state index is 5.33. The van der Waals surface area contributed by atoms with Gasteiger partial charge >= 0.3 is 7.12 Å². The zero-order chi connectivity index (χ0) is 7.56. The number of rotatable bonds is 1. The Morgan fingerprint density at radius 1 is 1.30 bits per heavy atom. The highest BCUT2D eigenvalue weighted by atomic mass is 16.6. The summed E-state index contributed by atoms with van der Waals surface area (Å²) in [6, 6.07) is 0. The van der Waals surface area contributed by atoms with E-state index in [4.69, 9.17) is 9.31 Å². The molecule has 1 rings (SSSR count). The molecule has 0 saturated carbocycles. The van der Waals surface area contributed by atoms with Crippen LogP contribution in [0.5, 0.6) is 0 Å². The van der Waals surface area contributed by atoms with Crippen molar-refractivity contribution in [2.75, 3.05) is 13.2 Å². The van der Waals surface area contributed by atoms with Crippen LogP contribution in [-0.2, 0) is 9.31 Å². The van der Waals surface area contributed by atoms with Gasteiger partial charge in [0.05, 0.1) is 0 Å². The minimum atomic E-state index is 0.00926. The van der Waals surface area contributed by atoms with Crippen molar-refractivity contribution in [1.82, 2.24) is 0 Å². The van der Waals surface area contributed by atoms with Crippen molar-refractivity contribution in [3.63, 3.8) is 0 Å². The van der Waals surface area contributed by atoms with E-state index < -0.39 is 0 Å². The molecule has 0 aromatic rings. The van der Waals surface area contributed by atoms with Gasteiger partial charge in [0, 0.05) is 19.1 Å². The van der Waals surface area contributed by atoms with Crippen LogP contribution in [0.15, 0.2) is 0 Å². The lowest BCUT2D eigenvalue weighted by atomic mass is 9.88. The molecule has 0 N–H and O–H groups in total. The Kier molecular flexibility index (Phi) is 2.75. The lowest BCUT2D eigenvalue weighted by Crippen LogP contribution is -2.35. The predicted octanol–water partition coefficient (Wildman–Crippen LogP) is 1.42. The fraction of sp³-hybridized carbons (Fsp3) is 1.00. The van der Waals surface area contributed by atoms with Crippen LogP contribution in [0.4, 0.5) is 0 Å². The third kappa shape index (κ3) is 1.99. The summed E-state index contributed by atoms with van der Waals surface area (Å²) >= 11 is 0. The Balaban J connectivity index is 2.26. The molecule has 10 heavy (non-hydrogen) atoms. The van der Waals surface area contributed by atoms with Crippen LogP contribution in [-0.4, -0.2) is 20.3 Å². The van der Waals surface area contributed by atoms with E-state index in [1.807, 2.05) is 6.82 Å². The number of hydrogen-bond donors (Lipinski definition) is 0. The van der Waals surface area contributed by atoms with Crippen LogP contribution in [0.25, 0.3) is 0 Å². The van der Waals surface area contributed by atoms with Crippen molar-refractivity contribution in [2.24, 2.45) is 11.8 Å². The molecule has 0 amide bonds. The van der Waals surface area contributed by atoms with Crippen LogP contribution in [0.1, 0.15) is 13.8 Å². The standard InChI is InChI=1S/C7H15BO2/c1-6(2)7-4-9-8(3)10-5-7/h6-7H,4-5H2,1-3H3. The Labute approximate surface area is 63.0 Å². The normalized spacial score (nSPS) is 22.2. The molecular formula is C7H15BO2. The van der Waals surface area contributed by atoms with Gasteiger partial charge in [0.1, 0.15) is 0 Å². The van der Waals surface area contributed by atoms with E-state index in [-0.39, 0.29) is 7.12 Å². The Bertz CT molecular complexity index is 97.8. The fourth-order valence-corrected chi connectivity index (χ4v) is 0.999. The zero-order valence-electron chi connectivity index (χ0n) is 6.96. The molecule has 0 spiro atoms. The molecule has 0 atom stereocenters. The zero-order valence-corrected chi connectivity index (χ0v) is 6.96. The second-order valence-electron chi connectivity index (χ2n) is 3.24. The highest BCUT2D eigenvalue weighted by Crippen LogP contribution is 2.16. The van der Waals surface area contributed by atoms with Gasteiger partial charge in [-0.05, 0) is 12.7 Å². The minimum Gasteiger partial charge on any atom is -0.411 e.